The molecule has 1 aromatic carbocycles. The van der Waals surface area contributed by atoms with Gasteiger partial charge in [-0.1, -0.05) is 37.1 Å². The molecule has 0 aliphatic heterocycles. The summed E-state index contributed by atoms with van der Waals surface area (Å²) in [6.07, 6.45) is 2.08. The van der Waals surface area contributed by atoms with Gasteiger partial charge in [0.2, 0.25) is 0 Å². The minimum atomic E-state index is -0.211. The molecule has 0 heterocycles. The topological polar surface area (TPSA) is 53.2 Å². The lowest BCUT2D eigenvalue weighted by Gasteiger charge is -2.19. The second-order valence-electron chi connectivity index (χ2n) is 4.99. The van der Waals surface area contributed by atoms with Gasteiger partial charge < -0.3 is 16.0 Å². The molecule has 0 aliphatic carbocycles. The first-order valence-electron chi connectivity index (χ1n) is 7.08. The average molecular weight is 275 g/mol. The van der Waals surface area contributed by atoms with Crippen LogP contribution in [0.15, 0.2) is 41.6 Å². The Bertz CT molecular complexity index is 454. The van der Waals surface area contributed by atoms with Crippen LogP contribution in [0.25, 0.3) is 0 Å². The van der Waals surface area contributed by atoms with Crippen molar-refractivity contribution in [2.75, 3.05) is 5.32 Å². The number of rotatable bonds is 6. The van der Waals surface area contributed by atoms with E-state index in [0.717, 1.165) is 24.2 Å². The van der Waals surface area contributed by atoms with E-state index < -0.39 is 0 Å². The third-order valence-electron chi connectivity index (χ3n) is 3.08. The number of benzene rings is 1. The van der Waals surface area contributed by atoms with E-state index in [2.05, 4.69) is 29.8 Å². The van der Waals surface area contributed by atoms with Crippen molar-refractivity contribution in [3.8, 4) is 0 Å². The van der Waals surface area contributed by atoms with Gasteiger partial charge in [-0.3, -0.25) is 0 Å². The van der Waals surface area contributed by atoms with Gasteiger partial charge in [-0.25, -0.2) is 4.79 Å². The van der Waals surface area contributed by atoms with Crippen molar-refractivity contribution in [1.29, 1.82) is 0 Å². The summed E-state index contributed by atoms with van der Waals surface area (Å²) in [5.41, 5.74) is 3.23. The third-order valence-corrected chi connectivity index (χ3v) is 3.08. The predicted octanol–water partition coefficient (Wildman–Crippen LogP) is 3.84. The van der Waals surface area contributed by atoms with Gasteiger partial charge in [0.1, 0.15) is 0 Å². The van der Waals surface area contributed by atoms with Crippen LogP contribution in [-0.2, 0) is 0 Å². The van der Waals surface area contributed by atoms with Crippen LogP contribution in [0.3, 0.4) is 0 Å². The summed E-state index contributed by atoms with van der Waals surface area (Å²) < 4.78 is 0. The molecule has 1 atom stereocenters. The van der Waals surface area contributed by atoms with Gasteiger partial charge >= 0.3 is 6.03 Å². The molecule has 0 radical (unpaired) electrons. The quantitative estimate of drug-likeness (QED) is 0.691. The molecule has 0 aromatic heterocycles. The predicted molar refractivity (Wildman–Crippen MR) is 84.5 cm³/mol. The highest BCUT2D eigenvalue weighted by Crippen LogP contribution is 2.08. The average Bonchev–Trinajstić information content (AvgIpc) is 2.39. The van der Waals surface area contributed by atoms with E-state index in [1.54, 1.807) is 0 Å². The van der Waals surface area contributed by atoms with Crippen LogP contribution in [0.2, 0.25) is 0 Å². The molecule has 1 rings (SSSR count). The van der Waals surface area contributed by atoms with Crippen LogP contribution in [0, 0.1) is 0 Å². The zero-order valence-corrected chi connectivity index (χ0v) is 12.8. The lowest BCUT2D eigenvalue weighted by molar-refractivity contribution is 0.248. The minimum absolute atomic E-state index is 0.120. The van der Waals surface area contributed by atoms with Gasteiger partial charge in [-0.15, -0.1) is 0 Å². The Morgan fingerprint density at radius 1 is 1.15 bits per heavy atom. The monoisotopic (exact) mass is 275 g/mol. The number of allylic oxidation sites excluding steroid dienone is 2. The number of hydrogen-bond acceptors (Lipinski definition) is 2. The van der Waals surface area contributed by atoms with Crippen LogP contribution in [0.5, 0.6) is 0 Å². The largest absolute Gasteiger partial charge is 0.369 e. The smallest absolute Gasteiger partial charge is 0.320 e. The SMILES string of the molecule is CCC/C(C)=C(/C)NC(C)NC(=O)Nc1ccccc1. The molecule has 0 saturated heterocycles. The van der Waals surface area contributed by atoms with Crippen LogP contribution in [0.1, 0.15) is 40.5 Å². The first-order valence-corrected chi connectivity index (χ1v) is 7.08. The molecular formula is C16H25N3O. The van der Waals surface area contributed by atoms with Gasteiger partial charge in [-0.2, -0.15) is 0 Å². The van der Waals surface area contributed by atoms with Gasteiger partial charge in [0, 0.05) is 11.4 Å². The highest BCUT2D eigenvalue weighted by Gasteiger charge is 2.07. The van der Waals surface area contributed by atoms with Gasteiger partial charge in [-0.05, 0) is 39.3 Å². The zero-order valence-electron chi connectivity index (χ0n) is 12.8. The number of carbonyl (C=O) groups is 1. The zero-order chi connectivity index (χ0) is 15.0. The molecule has 1 unspecified atom stereocenters. The van der Waals surface area contributed by atoms with Crippen molar-refractivity contribution in [2.24, 2.45) is 0 Å². The van der Waals surface area contributed by atoms with E-state index in [1.165, 1.54) is 5.57 Å². The van der Waals surface area contributed by atoms with Gasteiger partial charge in [0.05, 0.1) is 6.17 Å². The molecule has 20 heavy (non-hydrogen) atoms. The summed E-state index contributed by atoms with van der Waals surface area (Å²) in [6, 6.07) is 9.19. The van der Waals surface area contributed by atoms with Crippen molar-refractivity contribution in [3.05, 3.63) is 41.6 Å². The van der Waals surface area contributed by atoms with E-state index in [-0.39, 0.29) is 12.2 Å². The molecule has 0 spiro atoms. The van der Waals surface area contributed by atoms with Crippen LogP contribution in [0.4, 0.5) is 10.5 Å². The number of carbonyl (C=O) groups excluding carboxylic acids is 1. The number of nitrogens with one attached hydrogen (secondary N) is 3. The maximum Gasteiger partial charge on any atom is 0.320 e. The molecule has 0 aliphatic rings. The fourth-order valence-corrected chi connectivity index (χ4v) is 1.93. The number of para-hydroxylation sites is 1. The van der Waals surface area contributed by atoms with Crippen LogP contribution in [-0.4, -0.2) is 12.2 Å². The first kappa shape index (κ1) is 16.1. The van der Waals surface area contributed by atoms with E-state index in [1.807, 2.05) is 44.2 Å². The van der Waals surface area contributed by atoms with Crippen molar-refractivity contribution in [2.45, 2.75) is 46.7 Å². The number of urea groups is 1. The summed E-state index contributed by atoms with van der Waals surface area (Å²) >= 11 is 0. The second kappa shape index (κ2) is 8.25. The number of amides is 2. The highest BCUT2D eigenvalue weighted by atomic mass is 16.2. The van der Waals surface area contributed by atoms with E-state index >= 15 is 0 Å². The van der Waals surface area contributed by atoms with Crippen LogP contribution >= 0.6 is 0 Å². The summed E-state index contributed by atoms with van der Waals surface area (Å²) in [5.74, 6) is 0. The van der Waals surface area contributed by atoms with E-state index in [4.69, 9.17) is 0 Å². The normalized spacial score (nSPS) is 13.2. The molecule has 0 bridgehead atoms. The Hall–Kier alpha value is -1.97. The molecule has 3 N–H and O–H groups in total. The Labute approximate surface area is 121 Å². The Kier molecular flexibility index (Phi) is 6.64. The number of hydrogen-bond donors (Lipinski definition) is 3. The molecule has 4 heteroatoms. The van der Waals surface area contributed by atoms with Crippen molar-refractivity contribution in [3.63, 3.8) is 0 Å². The van der Waals surface area contributed by atoms with Crippen LogP contribution < -0.4 is 16.0 Å². The molecule has 110 valence electrons. The molecule has 0 fully saturated rings. The summed E-state index contributed by atoms with van der Waals surface area (Å²) in [6.45, 7) is 8.24. The van der Waals surface area contributed by atoms with E-state index in [9.17, 15) is 4.79 Å². The lowest BCUT2D eigenvalue weighted by atomic mass is 10.1. The van der Waals surface area contributed by atoms with Gasteiger partial charge in [0.25, 0.3) is 0 Å². The third kappa shape index (κ3) is 5.78. The molecule has 2 amide bonds. The Morgan fingerprint density at radius 2 is 1.80 bits per heavy atom. The maximum absolute atomic E-state index is 11.8. The summed E-state index contributed by atoms with van der Waals surface area (Å²) in [4.78, 5) is 11.8. The van der Waals surface area contributed by atoms with E-state index in [0.29, 0.717) is 0 Å². The fraction of sp³-hybridized carbons (Fsp3) is 0.438. The summed E-state index contributed by atoms with van der Waals surface area (Å²) in [5, 5.41) is 8.94. The highest BCUT2D eigenvalue weighted by molar-refractivity contribution is 5.89. The van der Waals surface area contributed by atoms with Crippen molar-refractivity contribution in [1.82, 2.24) is 10.6 Å². The van der Waals surface area contributed by atoms with Gasteiger partial charge in [0.15, 0.2) is 0 Å². The van der Waals surface area contributed by atoms with Crippen molar-refractivity contribution < 1.29 is 4.79 Å². The fourth-order valence-electron chi connectivity index (χ4n) is 1.93. The lowest BCUT2D eigenvalue weighted by Crippen LogP contribution is -2.44. The standard InChI is InChI=1S/C16H25N3O/c1-5-9-12(2)13(3)17-14(4)18-16(20)19-15-10-7-6-8-11-15/h6-8,10-11,14,17H,5,9H2,1-4H3,(H2,18,19,20)/b13-12-. The molecule has 0 saturated carbocycles. The van der Waals surface area contributed by atoms with Crippen molar-refractivity contribution >= 4 is 11.7 Å². The minimum Gasteiger partial charge on any atom is -0.369 e. The molecular weight excluding hydrogens is 250 g/mol. The first-order chi connectivity index (χ1) is 9.52. The number of anilines is 1. The molecule has 1 aromatic rings. The maximum atomic E-state index is 11.8. The summed E-state index contributed by atoms with van der Waals surface area (Å²) in [7, 11) is 0. The second-order valence-corrected chi connectivity index (χ2v) is 4.99. The Balaban J connectivity index is 2.44. The molecule has 4 nitrogen and oxygen atoms in total. The Morgan fingerprint density at radius 3 is 2.40 bits per heavy atom.